The van der Waals surface area contributed by atoms with E-state index in [0.29, 0.717) is 0 Å². The zero-order valence-corrected chi connectivity index (χ0v) is 35.8. The van der Waals surface area contributed by atoms with Crippen molar-refractivity contribution < 1.29 is 0 Å². The first-order valence-corrected chi connectivity index (χ1v) is 22.4. The van der Waals surface area contributed by atoms with Gasteiger partial charge in [-0.25, -0.2) is 0 Å². The molecule has 0 N–H and O–H groups in total. The minimum Gasteiger partial charge on any atom is -0.310 e. The lowest BCUT2D eigenvalue weighted by Gasteiger charge is -2.29. The van der Waals surface area contributed by atoms with Gasteiger partial charge in [0.2, 0.25) is 0 Å². The van der Waals surface area contributed by atoms with Crippen LogP contribution in [0.4, 0.5) is 17.1 Å². The van der Waals surface area contributed by atoms with Gasteiger partial charge in [-0.05, 0) is 142 Å². The molecule has 0 aliphatic rings. The van der Waals surface area contributed by atoms with Crippen molar-refractivity contribution >= 4 is 60.2 Å². The molecule has 0 saturated carbocycles. The van der Waals surface area contributed by atoms with Crippen molar-refractivity contribution in [3.05, 3.63) is 261 Å². The molecule has 0 spiro atoms. The first-order valence-electron chi connectivity index (χ1n) is 22.4. The molecule has 0 radical (unpaired) electrons. The molecule has 0 aliphatic heterocycles. The van der Waals surface area contributed by atoms with Gasteiger partial charge in [0.15, 0.2) is 0 Å². The van der Waals surface area contributed by atoms with E-state index in [1.54, 1.807) is 0 Å². The lowest BCUT2D eigenvalue weighted by Crippen LogP contribution is -2.11. The second-order valence-corrected chi connectivity index (χ2v) is 17.0. The molecule has 0 atom stereocenters. The standard InChI is InChI=1S/C64H43N/c1-4-14-52-40-55(27-22-44(52)10-1)49-32-37-60(38-33-49)65(59-35-30-48(31-36-59)47-20-25-51(26-21-47)62-19-9-17-50-13-7-8-18-61(50)62)64-43-57(56-28-23-45-11-2-5-15-53(45)41-56)34-39-63(64)58-29-24-46-12-3-6-16-54(46)42-58/h1-43H. The summed E-state index contributed by atoms with van der Waals surface area (Å²) >= 11 is 0. The van der Waals surface area contributed by atoms with E-state index in [4.69, 9.17) is 0 Å². The zero-order valence-electron chi connectivity index (χ0n) is 35.8. The number of hydrogen-bond acceptors (Lipinski definition) is 1. The third-order valence-corrected chi connectivity index (χ3v) is 13.0. The topological polar surface area (TPSA) is 3.24 Å². The SMILES string of the molecule is c1ccc2cc(-c3ccc(N(c4ccc(-c5ccc(-c6cccc7ccccc67)cc5)cc4)c4cc(-c5ccc6ccccc6c5)ccc4-c4ccc5ccccc5c4)cc3)ccc2c1. The van der Waals surface area contributed by atoms with E-state index in [1.165, 1.54) is 87.6 Å². The Balaban J connectivity index is 0.995. The van der Waals surface area contributed by atoms with Crippen molar-refractivity contribution in [1.29, 1.82) is 0 Å². The van der Waals surface area contributed by atoms with Crippen LogP contribution in [-0.4, -0.2) is 0 Å². The number of benzene rings is 12. The lowest BCUT2D eigenvalue weighted by molar-refractivity contribution is 1.28. The smallest absolute Gasteiger partial charge is 0.0546 e. The second-order valence-electron chi connectivity index (χ2n) is 17.0. The third kappa shape index (κ3) is 7.30. The maximum absolute atomic E-state index is 2.44. The molecule has 0 fully saturated rings. The van der Waals surface area contributed by atoms with Gasteiger partial charge in [0, 0.05) is 16.9 Å². The van der Waals surface area contributed by atoms with Crippen LogP contribution in [0.2, 0.25) is 0 Å². The summed E-state index contributed by atoms with van der Waals surface area (Å²) in [5.41, 5.74) is 15.2. The summed E-state index contributed by atoms with van der Waals surface area (Å²) in [6.45, 7) is 0. The largest absolute Gasteiger partial charge is 0.310 e. The van der Waals surface area contributed by atoms with Crippen molar-refractivity contribution in [2.45, 2.75) is 0 Å². The van der Waals surface area contributed by atoms with E-state index >= 15 is 0 Å². The zero-order chi connectivity index (χ0) is 43.1. The Morgan fingerprint density at radius 1 is 0.200 bits per heavy atom. The highest BCUT2D eigenvalue weighted by atomic mass is 15.1. The quantitative estimate of drug-likeness (QED) is 0.148. The molecule has 65 heavy (non-hydrogen) atoms. The van der Waals surface area contributed by atoms with Crippen LogP contribution in [-0.2, 0) is 0 Å². The molecule has 0 amide bonds. The van der Waals surface area contributed by atoms with E-state index in [2.05, 4.69) is 266 Å². The first-order chi connectivity index (χ1) is 32.2. The summed E-state index contributed by atoms with van der Waals surface area (Å²) in [6, 6.07) is 95.5. The molecular weight excluding hydrogens is 783 g/mol. The summed E-state index contributed by atoms with van der Waals surface area (Å²) in [4.78, 5) is 2.44. The Bertz CT molecular complexity index is 3690. The monoisotopic (exact) mass is 825 g/mol. The maximum atomic E-state index is 2.44. The average Bonchev–Trinajstić information content (AvgIpc) is 3.38. The van der Waals surface area contributed by atoms with Gasteiger partial charge in [-0.3, -0.25) is 0 Å². The Hall–Kier alpha value is -8.52. The van der Waals surface area contributed by atoms with Crippen LogP contribution in [0.1, 0.15) is 0 Å². The first kappa shape index (κ1) is 38.2. The summed E-state index contributed by atoms with van der Waals surface area (Å²) in [5.74, 6) is 0. The number of fused-ring (bicyclic) bond motifs is 4. The maximum Gasteiger partial charge on any atom is 0.0546 e. The molecule has 304 valence electrons. The molecule has 0 aromatic heterocycles. The Morgan fingerprint density at radius 2 is 0.569 bits per heavy atom. The van der Waals surface area contributed by atoms with Crippen LogP contribution >= 0.6 is 0 Å². The molecule has 12 rings (SSSR count). The normalized spacial score (nSPS) is 11.4. The minimum atomic E-state index is 1.08. The van der Waals surface area contributed by atoms with Gasteiger partial charge in [0.1, 0.15) is 0 Å². The molecule has 0 heterocycles. The van der Waals surface area contributed by atoms with Gasteiger partial charge in [-0.2, -0.15) is 0 Å². The molecule has 12 aromatic carbocycles. The summed E-state index contributed by atoms with van der Waals surface area (Å²) < 4.78 is 0. The van der Waals surface area contributed by atoms with Crippen molar-refractivity contribution in [2.24, 2.45) is 0 Å². The number of rotatable bonds is 8. The van der Waals surface area contributed by atoms with Crippen LogP contribution in [0.25, 0.3) is 98.7 Å². The van der Waals surface area contributed by atoms with Crippen LogP contribution in [0.3, 0.4) is 0 Å². The van der Waals surface area contributed by atoms with Crippen LogP contribution in [0, 0.1) is 0 Å². The van der Waals surface area contributed by atoms with Crippen molar-refractivity contribution in [3.8, 4) is 55.6 Å². The molecular formula is C64H43N. The van der Waals surface area contributed by atoms with Crippen molar-refractivity contribution in [2.75, 3.05) is 4.90 Å². The average molecular weight is 826 g/mol. The highest BCUT2D eigenvalue weighted by molar-refractivity contribution is 5.98. The fraction of sp³-hybridized carbons (Fsp3) is 0. The van der Waals surface area contributed by atoms with Gasteiger partial charge in [0.05, 0.1) is 5.69 Å². The van der Waals surface area contributed by atoms with Gasteiger partial charge in [-0.1, -0.05) is 212 Å². The lowest BCUT2D eigenvalue weighted by atomic mass is 9.94. The summed E-state index contributed by atoms with van der Waals surface area (Å²) in [5, 5.41) is 9.92. The van der Waals surface area contributed by atoms with E-state index < -0.39 is 0 Å². The highest BCUT2D eigenvalue weighted by Crippen LogP contribution is 2.45. The second kappa shape index (κ2) is 16.3. The van der Waals surface area contributed by atoms with E-state index in [0.717, 1.165) is 28.2 Å². The molecule has 0 unspecified atom stereocenters. The molecule has 0 aliphatic carbocycles. The van der Waals surface area contributed by atoms with E-state index in [-0.39, 0.29) is 0 Å². The number of nitrogens with zero attached hydrogens (tertiary/aromatic N) is 1. The predicted octanol–water partition coefficient (Wildman–Crippen LogP) is 18.1. The van der Waals surface area contributed by atoms with Crippen molar-refractivity contribution in [3.63, 3.8) is 0 Å². The molecule has 1 nitrogen and oxygen atoms in total. The van der Waals surface area contributed by atoms with Crippen LogP contribution < -0.4 is 4.90 Å². The minimum absolute atomic E-state index is 1.08. The number of hydrogen-bond donors (Lipinski definition) is 0. The van der Waals surface area contributed by atoms with E-state index in [1.807, 2.05) is 0 Å². The molecule has 12 aromatic rings. The molecule has 0 bridgehead atoms. The van der Waals surface area contributed by atoms with Crippen LogP contribution in [0.5, 0.6) is 0 Å². The van der Waals surface area contributed by atoms with Gasteiger partial charge >= 0.3 is 0 Å². The summed E-state index contributed by atoms with van der Waals surface area (Å²) in [7, 11) is 0. The van der Waals surface area contributed by atoms with Crippen LogP contribution in [0.15, 0.2) is 261 Å². The summed E-state index contributed by atoms with van der Waals surface area (Å²) in [6.07, 6.45) is 0. The van der Waals surface area contributed by atoms with Gasteiger partial charge < -0.3 is 4.90 Å². The Kier molecular flexibility index (Phi) is 9.58. The van der Waals surface area contributed by atoms with E-state index in [9.17, 15) is 0 Å². The Morgan fingerprint density at radius 3 is 1.14 bits per heavy atom. The third-order valence-electron chi connectivity index (χ3n) is 13.0. The van der Waals surface area contributed by atoms with Crippen molar-refractivity contribution in [1.82, 2.24) is 0 Å². The fourth-order valence-corrected chi connectivity index (χ4v) is 9.59. The molecule has 1 heteroatoms. The van der Waals surface area contributed by atoms with Gasteiger partial charge in [0.25, 0.3) is 0 Å². The number of anilines is 3. The molecule has 0 saturated heterocycles. The Labute approximate surface area is 379 Å². The predicted molar refractivity (Wildman–Crippen MR) is 278 cm³/mol. The van der Waals surface area contributed by atoms with Gasteiger partial charge in [-0.15, -0.1) is 0 Å². The highest BCUT2D eigenvalue weighted by Gasteiger charge is 2.20. The fourth-order valence-electron chi connectivity index (χ4n) is 9.59.